The highest BCUT2D eigenvalue weighted by Crippen LogP contribution is 1.98. The Morgan fingerprint density at radius 2 is 1.78 bits per heavy atom. The Kier molecular flexibility index (Phi) is 6.33. The second-order valence-electron chi connectivity index (χ2n) is 3.95. The second-order valence-corrected chi connectivity index (χ2v) is 3.95. The third-order valence-electron chi connectivity index (χ3n) is 2.52. The van der Waals surface area contributed by atoms with Gasteiger partial charge in [-0.15, -0.1) is 13.2 Å². The van der Waals surface area contributed by atoms with E-state index in [2.05, 4.69) is 30.6 Å². The number of urea groups is 1. The van der Waals surface area contributed by atoms with E-state index >= 15 is 0 Å². The molecule has 1 N–H and O–H groups in total. The fourth-order valence-electron chi connectivity index (χ4n) is 1.62. The summed E-state index contributed by atoms with van der Waals surface area (Å²) in [6, 6.07) is 10.0. The van der Waals surface area contributed by atoms with E-state index in [-0.39, 0.29) is 6.03 Å². The van der Waals surface area contributed by atoms with Crippen LogP contribution < -0.4 is 5.32 Å². The predicted octanol–water partition coefficient (Wildman–Crippen LogP) is 2.61. The van der Waals surface area contributed by atoms with E-state index in [0.717, 1.165) is 6.42 Å². The summed E-state index contributed by atoms with van der Waals surface area (Å²) < 4.78 is 0. The monoisotopic (exact) mass is 244 g/mol. The fraction of sp³-hybridized carbons (Fsp3) is 0.267. The molecule has 0 aliphatic heterocycles. The third kappa shape index (κ3) is 4.87. The van der Waals surface area contributed by atoms with Gasteiger partial charge in [0.2, 0.25) is 0 Å². The number of hydrogen-bond donors (Lipinski definition) is 1. The van der Waals surface area contributed by atoms with Gasteiger partial charge < -0.3 is 10.2 Å². The number of carbonyl (C=O) groups is 1. The van der Waals surface area contributed by atoms with E-state index < -0.39 is 0 Å². The van der Waals surface area contributed by atoms with Gasteiger partial charge in [0.1, 0.15) is 0 Å². The van der Waals surface area contributed by atoms with Crippen LogP contribution in [-0.2, 0) is 6.42 Å². The summed E-state index contributed by atoms with van der Waals surface area (Å²) in [7, 11) is 0. The van der Waals surface area contributed by atoms with Crippen molar-refractivity contribution < 1.29 is 4.79 Å². The molecule has 0 heterocycles. The van der Waals surface area contributed by atoms with Gasteiger partial charge in [-0.3, -0.25) is 0 Å². The Morgan fingerprint density at radius 1 is 1.17 bits per heavy atom. The van der Waals surface area contributed by atoms with Gasteiger partial charge in [0, 0.05) is 19.6 Å². The van der Waals surface area contributed by atoms with Gasteiger partial charge in [-0.05, 0) is 12.0 Å². The molecule has 0 spiro atoms. The Labute approximate surface area is 109 Å². The SMILES string of the molecule is C=CCN(CC=C)C(=O)NCCc1ccccc1. The zero-order chi connectivity index (χ0) is 13.2. The van der Waals surface area contributed by atoms with Crippen molar-refractivity contribution in [2.45, 2.75) is 6.42 Å². The van der Waals surface area contributed by atoms with Crippen LogP contribution in [0.4, 0.5) is 4.79 Å². The molecule has 0 unspecified atom stereocenters. The van der Waals surface area contributed by atoms with Crippen LogP contribution in [0.15, 0.2) is 55.6 Å². The largest absolute Gasteiger partial charge is 0.338 e. The van der Waals surface area contributed by atoms with Gasteiger partial charge in [-0.1, -0.05) is 42.5 Å². The van der Waals surface area contributed by atoms with Gasteiger partial charge in [0.15, 0.2) is 0 Å². The lowest BCUT2D eigenvalue weighted by Crippen LogP contribution is -2.40. The normalized spacial score (nSPS) is 9.56. The highest BCUT2D eigenvalue weighted by Gasteiger charge is 2.08. The molecule has 0 radical (unpaired) electrons. The molecule has 3 heteroatoms. The number of rotatable bonds is 7. The zero-order valence-corrected chi connectivity index (χ0v) is 10.6. The van der Waals surface area contributed by atoms with Crippen molar-refractivity contribution in [1.29, 1.82) is 0 Å². The van der Waals surface area contributed by atoms with Gasteiger partial charge in [0.05, 0.1) is 0 Å². The van der Waals surface area contributed by atoms with Crippen LogP contribution in [0.2, 0.25) is 0 Å². The molecule has 1 aromatic carbocycles. The molecule has 0 aliphatic rings. The average Bonchev–Trinajstić information content (AvgIpc) is 2.39. The van der Waals surface area contributed by atoms with Gasteiger partial charge in [-0.2, -0.15) is 0 Å². The first-order chi connectivity index (χ1) is 8.77. The summed E-state index contributed by atoms with van der Waals surface area (Å²) in [6.07, 6.45) is 4.25. The van der Waals surface area contributed by atoms with Crippen molar-refractivity contribution in [3.05, 3.63) is 61.2 Å². The molecule has 2 amide bonds. The van der Waals surface area contributed by atoms with Crippen molar-refractivity contribution in [1.82, 2.24) is 10.2 Å². The first-order valence-corrected chi connectivity index (χ1v) is 6.06. The van der Waals surface area contributed by atoms with E-state index in [9.17, 15) is 4.79 Å². The Balaban J connectivity index is 2.35. The maximum absolute atomic E-state index is 11.8. The minimum atomic E-state index is -0.0780. The van der Waals surface area contributed by atoms with E-state index in [1.165, 1.54) is 5.56 Å². The van der Waals surface area contributed by atoms with Crippen molar-refractivity contribution in [3.63, 3.8) is 0 Å². The highest BCUT2D eigenvalue weighted by atomic mass is 16.2. The van der Waals surface area contributed by atoms with Crippen LogP contribution in [0, 0.1) is 0 Å². The lowest BCUT2D eigenvalue weighted by Gasteiger charge is -2.19. The number of benzene rings is 1. The number of nitrogens with zero attached hydrogens (tertiary/aromatic N) is 1. The molecule has 0 saturated heterocycles. The second kappa shape index (κ2) is 8.12. The molecule has 0 aliphatic carbocycles. The molecule has 0 bridgehead atoms. The molecule has 96 valence electrons. The molecular formula is C15H20N2O. The van der Waals surface area contributed by atoms with E-state index in [4.69, 9.17) is 0 Å². The van der Waals surface area contributed by atoms with Gasteiger partial charge in [-0.25, -0.2) is 4.79 Å². The average molecular weight is 244 g/mol. The van der Waals surface area contributed by atoms with Gasteiger partial charge in [0.25, 0.3) is 0 Å². The summed E-state index contributed by atoms with van der Waals surface area (Å²) >= 11 is 0. The number of amides is 2. The van der Waals surface area contributed by atoms with Gasteiger partial charge >= 0.3 is 6.03 Å². The van der Waals surface area contributed by atoms with E-state index in [0.29, 0.717) is 19.6 Å². The smallest absolute Gasteiger partial charge is 0.317 e. The lowest BCUT2D eigenvalue weighted by atomic mass is 10.1. The summed E-state index contributed by atoms with van der Waals surface area (Å²) in [6.45, 7) is 8.97. The van der Waals surface area contributed by atoms with Crippen molar-refractivity contribution in [2.75, 3.05) is 19.6 Å². The molecule has 1 aromatic rings. The van der Waals surface area contributed by atoms with Crippen LogP contribution >= 0.6 is 0 Å². The molecule has 18 heavy (non-hydrogen) atoms. The van der Waals surface area contributed by atoms with Crippen LogP contribution in [-0.4, -0.2) is 30.6 Å². The summed E-state index contributed by atoms with van der Waals surface area (Å²) in [5.74, 6) is 0. The standard InChI is InChI=1S/C15H20N2O/c1-3-12-17(13-4-2)15(18)16-11-10-14-8-6-5-7-9-14/h3-9H,1-2,10-13H2,(H,16,18). The third-order valence-corrected chi connectivity index (χ3v) is 2.52. The van der Waals surface area contributed by atoms with Crippen LogP contribution in [0.25, 0.3) is 0 Å². The highest BCUT2D eigenvalue weighted by molar-refractivity contribution is 5.74. The Bertz CT molecular complexity index is 377. The first-order valence-electron chi connectivity index (χ1n) is 6.06. The maximum atomic E-state index is 11.8. The first kappa shape index (κ1) is 14.0. The topological polar surface area (TPSA) is 32.3 Å². The molecular weight excluding hydrogens is 224 g/mol. The van der Waals surface area contributed by atoms with E-state index in [1.54, 1.807) is 17.1 Å². The number of carbonyl (C=O) groups excluding carboxylic acids is 1. The summed E-state index contributed by atoms with van der Waals surface area (Å²) in [5, 5.41) is 2.89. The molecule has 0 aromatic heterocycles. The zero-order valence-electron chi connectivity index (χ0n) is 10.6. The quantitative estimate of drug-likeness (QED) is 0.735. The molecule has 1 rings (SSSR count). The number of hydrogen-bond acceptors (Lipinski definition) is 1. The molecule has 0 atom stereocenters. The molecule has 3 nitrogen and oxygen atoms in total. The van der Waals surface area contributed by atoms with Crippen LogP contribution in [0.3, 0.4) is 0 Å². The van der Waals surface area contributed by atoms with Crippen LogP contribution in [0.5, 0.6) is 0 Å². The minimum Gasteiger partial charge on any atom is -0.338 e. The summed E-state index contributed by atoms with van der Waals surface area (Å²) in [5.41, 5.74) is 1.22. The van der Waals surface area contributed by atoms with Crippen molar-refractivity contribution in [2.24, 2.45) is 0 Å². The number of nitrogens with one attached hydrogen (secondary N) is 1. The van der Waals surface area contributed by atoms with Crippen molar-refractivity contribution >= 4 is 6.03 Å². The molecule has 0 saturated carbocycles. The predicted molar refractivity (Wildman–Crippen MR) is 75.5 cm³/mol. The van der Waals surface area contributed by atoms with Crippen LogP contribution in [0.1, 0.15) is 5.56 Å². The van der Waals surface area contributed by atoms with E-state index in [1.807, 2.05) is 18.2 Å². The Morgan fingerprint density at radius 3 is 2.33 bits per heavy atom. The maximum Gasteiger partial charge on any atom is 0.317 e. The van der Waals surface area contributed by atoms with Crippen molar-refractivity contribution in [3.8, 4) is 0 Å². The molecule has 0 fully saturated rings. The Hall–Kier alpha value is -2.03. The lowest BCUT2D eigenvalue weighted by molar-refractivity contribution is 0.208. The summed E-state index contributed by atoms with van der Waals surface area (Å²) in [4.78, 5) is 13.5. The minimum absolute atomic E-state index is 0.0780. The fourth-order valence-corrected chi connectivity index (χ4v) is 1.62.